The second kappa shape index (κ2) is 3.52. The van der Waals surface area contributed by atoms with E-state index in [1.165, 1.54) is 0 Å². The van der Waals surface area contributed by atoms with Crippen LogP contribution in [0.4, 0.5) is 0 Å². The third-order valence-electron chi connectivity index (χ3n) is 1.83. The third kappa shape index (κ3) is 1.61. The van der Waals surface area contributed by atoms with E-state index in [9.17, 15) is 0 Å². The van der Waals surface area contributed by atoms with Gasteiger partial charge in [-0.15, -0.1) is 0 Å². The molecular weight excluding hydrogens is 176 g/mol. The molecule has 2 rings (SSSR count). The second-order valence-corrected chi connectivity index (χ2v) is 2.92. The number of fused-ring (bicyclic) bond motifs is 1. The van der Waals surface area contributed by atoms with Crippen LogP contribution in [-0.2, 0) is 0 Å². The molecule has 1 aromatic carbocycles. The number of aromatic nitrogens is 1. The van der Waals surface area contributed by atoms with Crippen LogP contribution in [0.15, 0.2) is 22.6 Å². The lowest BCUT2D eigenvalue weighted by molar-refractivity contribution is 0.561. The molecule has 0 unspecified atom stereocenters. The molecule has 0 fully saturated rings. The molecule has 0 radical (unpaired) electrons. The van der Waals surface area contributed by atoms with Crippen molar-refractivity contribution >= 4 is 11.1 Å². The number of rotatable bonds is 0. The molecule has 2 aromatic rings. The molecule has 1 aromatic heterocycles. The van der Waals surface area contributed by atoms with Crippen LogP contribution in [0, 0.1) is 18.8 Å². The maximum absolute atomic E-state index is 5.34. The SMILES string of the molecule is Cc1nc2cc(C#CCN)ccc2o1. The zero-order chi connectivity index (χ0) is 9.97. The molecule has 1 heterocycles. The van der Waals surface area contributed by atoms with Crippen molar-refractivity contribution in [1.82, 2.24) is 4.98 Å². The lowest BCUT2D eigenvalue weighted by atomic mass is 10.2. The number of hydrogen-bond acceptors (Lipinski definition) is 3. The zero-order valence-electron chi connectivity index (χ0n) is 7.87. The van der Waals surface area contributed by atoms with E-state index in [0.717, 1.165) is 16.7 Å². The lowest BCUT2D eigenvalue weighted by Gasteiger charge is -1.88. The number of benzene rings is 1. The molecule has 3 heteroatoms. The van der Waals surface area contributed by atoms with Crippen LogP contribution >= 0.6 is 0 Å². The molecule has 0 spiro atoms. The molecule has 0 aliphatic heterocycles. The first-order valence-electron chi connectivity index (χ1n) is 4.36. The van der Waals surface area contributed by atoms with Gasteiger partial charge in [-0.2, -0.15) is 0 Å². The Labute approximate surface area is 81.9 Å². The van der Waals surface area contributed by atoms with E-state index in [0.29, 0.717) is 12.4 Å². The molecule has 0 atom stereocenters. The van der Waals surface area contributed by atoms with Crippen LogP contribution in [0.2, 0.25) is 0 Å². The topological polar surface area (TPSA) is 52.0 Å². The standard InChI is InChI=1S/C11H10N2O/c1-8-13-10-7-9(3-2-6-12)4-5-11(10)14-8/h4-5,7H,6,12H2,1H3. The predicted molar refractivity (Wildman–Crippen MR) is 54.7 cm³/mol. The van der Waals surface area contributed by atoms with Crippen molar-refractivity contribution < 1.29 is 4.42 Å². The molecule has 0 saturated heterocycles. The van der Waals surface area contributed by atoms with Gasteiger partial charge in [0.25, 0.3) is 0 Å². The van der Waals surface area contributed by atoms with Gasteiger partial charge in [-0.3, -0.25) is 0 Å². The van der Waals surface area contributed by atoms with E-state index >= 15 is 0 Å². The van der Waals surface area contributed by atoms with Crippen LogP contribution in [0.1, 0.15) is 11.5 Å². The van der Waals surface area contributed by atoms with Crippen molar-refractivity contribution in [2.75, 3.05) is 6.54 Å². The zero-order valence-corrected chi connectivity index (χ0v) is 7.87. The largest absolute Gasteiger partial charge is 0.441 e. The molecule has 3 nitrogen and oxygen atoms in total. The minimum absolute atomic E-state index is 0.371. The van der Waals surface area contributed by atoms with Gasteiger partial charge in [-0.05, 0) is 18.2 Å². The van der Waals surface area contributed by atoms with E-state index in [1.54, 1.807) is 0 Å². The van der Waals surface area contributed by atoms with Gasteiger partial charge in [0.05, 0.1) is 6.54 Å². The summed E-state index contributed by atoms with van der Waals surface area (Å²) in [7, 11) is 0. The first-order valence-corrected chi connectivity index (χ1v) is 4.36. The van der Waals surface area contributed by atoms with Crippen LogP contribution in [0.5, 0.6) is 0 Å². The van der Waals surface area contributed by atoms with E-state index < -0.39 is 0 Å². The maximum Gasteiger partial charge on any atom is 0.192 e. The smallest absolute Gasteiger partial charge is 0.192 e. The number of hydrogen-bond donors (Lipinski definition) is 1. The molecule has 0 saturated carbocycles. The Morgan fingerprint density at radius 1 is 1.50 bits per heavy atom. The molecule has 0 bridgehead atoms. The van der Waals surface area contributed by atoms with Crippen molar-refractivity contribution in [1.29, 1.82) is 0 Å². The Bertz CT molecular complexity index is 517. The van der Waals surface area contributed by atoms with Crippen LogP contribution in [-0.4, -0.2) is 11.5 Å². The number of nitrogens with two attached hydrogens (primary N) is 1. The molecular formula is C11H10N2O. The maximum atomic E-state index is 5.34. The van der Waals surface area contributed by atoms with Gasteiger partial charge < -0.3 is 10.2 Å². The van der Waals surface area contributed by atoms with Gasteiger partial charge in [0.2, 0.25) is 0 Å². The summed E-state index contributed by atoms with van der Waals surface area (Å²) in [5, 5.41) is 0. The summed E-state index contributed by atoms with van der Waals surface area (Å²) >= 11 is 0. The average molecular weight is 186 g/mol. The van der Waals surface area contributed by atoms with Crippen molar-refractivity contribution in [3.8, 4) is 11.8 Å². The van der Waals surface area contributed by atoms with Crippen molar-refractivity contribution in [3.63, 3.8) is 0 Å². The van der Waals surface area contributed by atoms with Crippen LogP contribution in [0.25, 0.3) is 11.1 Å². The number of aryl methyl sites for hydroxylation is 1. The van der Waals surface area contributed by atoms with E-state index in [1.807, 2.05) is 25.1 Å². The van der Waals surface area contributed by atoms with Crippen molar-refractivity contribution in [3.05, 3.63) is 29.7 Å². The molecule has 2 N–H and O–H groups in total. The highest BCUT2D eigenvalue weighted by Gasteiger charge is 2.01. The minimum atomic E-state index is 0.371. The number of oxazole rings is 1. The Kier molecular flexibility index (Phi) is 2.21. The van der Waals surface area contributed by atoms with Gasteiger partial charge in [-0.25, -0.2) is 4.98 Å². The fourth-order valence-electron chi connectivity index (χ4n) is 1.27. The van der Waals surface area contributed by atoms with Crippen molar-refractivity contribution in [2.24, 2.45) is 5.73 Å². The highest BCUT2D eigenvalue weighted by atomic mass is 16.3. The third-order valence-corrected chi connectivity index (χ3v) is 1.83. The van der Waals surface area contributed by atoms with Crippen LogP contribution in [0.3, 0.4) is 0 Å². The monoisotopic (exact) mass is 186 g/mol. The quantitative estimate of drug-likeness (QED) is 0.633. The molecule has 0 aliphatic carbocycles. The van der Waals surface area contributed by atoms with Gasteiger partial charge in [-0.1, -0.05) is 11.8 Å². The molecule has 0 aliphatic rings. The van der Waals surface area contributed by atoms with E-state index in [4.69, 9.17) is 10.2 Å². The van der Waals surface area contributed by atoms with Gasteiger partial charge in [0.15, 0.2) is 11.5 Å². The predicted octanol–water partition coefficient (Wildman–Crippen LogP) is 1.45. The molecule has 0 amide bonds. The van der Waals surface area contributed by atoms with Crippen molar-refractivity contribution in [2.45, 2.75) is 6.92 Å². The summed E-state index contributed by atoms with van der Waals surface area (Å²) in [5.41, 5.74) is 7.83. The Morgan fingerprint density at radius 3 is 3.14 bits per heavy atom. The molecule has 14 heavy (non-hydrogen) atoms. The first kappa shape index (κ1) is 8.79. The summed E-state index contributed by atoms with van der Waals surface area (Å²) in [4.78, 5) is 4.22. The van der Waals surface area contributed by atoms with Crippen LogP contribution < -0.4 is 5.73 Å². The fourth-order valence-corrected chi connectivity index (χ4v) is 1.27. The summed E-state index contributed by atoms with van der Waals surface area (Å²) in [6, 6.07) is 5.67. The average Bonchev–Trinajstić information content (AvgIpc) is 2.54. The fraction of sp³-hybridized carbons (Fsp3) is 0.182. The Hall–Kier alpha value is -1.79. The van der Waals surface area contributed by atoms with E-state index in [2.05, 4.69) is 16.8 Å². The Balaban J connectivity index is 2.50. The second-order valence-electron chi connectivity index (χ2n) is 2.92. The van der Waals surface area contributed by atoms with Gasteiger partial charge in [0, 0.05) is 12.5 Å². The summed E-state index contributed by atoms with van der Waals surface area (Å²) in [6.07, 6.45) is 0. The number of nitrogens with zero attached hydrogens (tertiary/aromatic N) is 1. The Morgan fingerprint density at radius 2 is 2.36 bits per heavy atom. The molecule has 70 valence electrons. The summed E-state index contributed by atoms with van der Waals surface area (Å²) < 4.78 is 5.34. The summed E-state index contributed by atoms with van der Waals surface area (Å²) in [6.45, 7) is 2.20. The highest BCUT2D eigenvalue weighted by molar-refractivity contribution is 5.74. The lowest BCUT2D eigenvalue weighted by Crippen LogP contribution is -1.92. The first-order chi connectivity index (χ1) is 6.79. The minimum Gasteiger partial charge on any atom is -0.441 e. The van der Waals surface area contributed by atoms with Gasteiger partial charge in [0.1, 0.15) is 5.52 Å². The highest BCUT2D eigenvalue weighted by Crippen LogP contribution is 2.15. The normalized spacial score (nSPS) is 9.86. The van der Waals surface area contributed by atoms with Gasteiger partial charge >= 0.3 is 0 Å². The summed E-state index contributed by atoms with van der Waals surface area (Å²) in [5.74, 6) is 6.41. The van der Waals surface area contributed by atoms with E-state index in [-0.39, 0.29) is 0 Å².